The number of H-pyrrole nitrogens is 2. The average molecular weight is 414 g/mol. The summed E-state index contributed by atoms with van der Waals surface area (Å²) in [6.07, 6.45) is 2.03. The van der Waals surface area contributed by atoms with Gasteiger partial charge in [-0.1, -0.05) is 42.1 Å². The number of benzene rings is 2. The summed E-state index contributed by atoms with van der Waals surface area (Å²) in [5, 5.41) is 9.93. The predicted octanol–water partition coefficient (Wildman–Crippen LogP) is 5.56. The zero-order valence-corrected chi connectivity index (χ0v) is 17.0. The number of rotatable bonds is 6. The van der Waals surface area contributed by atoms with Crippen LogP contribution in [0.25, 0.3) is 44.9 Å². The van der Waals surface area contributed by atoms with E-state index in [-0.39, 0.29) is 5.78 Å². The van der Waals surface area contributed by atoms with Crippen LogP contribution in [0.3, 0.4) is 0 Å². The number of carbonyl (C=O) groups excluding carboxylic acids is 1. The van der Waals surface area contributed by atoms with Crippen LogP contribution in [0.5, 0.6) is 0 Å². The van der Waals surface area contributed by atoms with E-state index in [0.717, 1.165) is 27.8 Å². The molecule has 5 aromatic rings. The summed E-state index contributed by atoms with van der Waals surface area (Å²) >= 11 is 1.33. The summed E-state index contributed by atoms with van der Waals surface area (Å²) < 4.78 is 6.05. The van der Waals surface area contributed by atoms with Gasteiger partial charge in [0.2, 0.25) is 0 Å². The van der Waals surface area contributed by atoms with Crippen molar-refractivity contribution in [1.82, 2.24) is 20.2 Å². The summed E-state index contributed by atoms with van der Waals surface area (Å²) in [5.41, 5.74) is 4.38. The molecule has 0 aliphatic carbocycles. The van der Waals surface area contributed by atoms with Gasteiger partial charge in [0.15, 0.2) is 16.7 Å². The third kappa shape index (κ3) is 3.55. The lowest BCUT2D eigenvalue weighted by atomic mass is 10.0. The molecule has 0 amide bonds. The Morgan fingerprint density at radius 1 is 1.00 bits per heavy atom. The van der Waals surface area contributed by atoms with E-state index in [1.807, 2.05) is 42.6 Å². The number of fused-ring (bicyclic) bond motifs is 1. The van der Waals surface area contributed by atoms with Gasteiger partial charge in [0.05, 0.1) is 5.75 Å². The first-order valence-electron chi connectivity index (χ1n) is 9.49. The lowest BCUT2D eigenvalue weighted by molar-refractivity contribution is -0.114. The van der Waals surface area contributed by atoms with Gasteiger partial charge < -0.3 is 14.4 Å². The smallest absolute Gasteiger partial charge is 0.197 e. The molecule has 30 heavy (non-hydrogen) atoms. The first-order chi connectivity index (χ1) is 14.7. The molecule has 7 heteroatoms. The molecule has 2 N–H and O–H groups in total. The van der Waals surface area contributed by atoms with Crippen molar-refractivity contribution in [2.24, 2.45) is 0 Å². The topological polar surface area (TPSA) is 87.6 Å². The first kappa shape index (κ1) is 18.4. The zero-order valence-electron chi connectivity index (χ0n) is 16.2. The second-order valence-electron chi connectivity index (χ2n) is 6.96. The summed E-state index contributed by atoms with van der Waals surface area (Å²) in [6, 6.07) is 20.3. The van der Waals surface area contributed by atoms with Gasteiger partial charge in [-0.3, -0.25) is 4.79 Å². The summed E-state index contributed by atoms with van der Waals surface area (Å²) in [7, 11) is 0. The van der Waals surface area contributed by atoms with Crippen LogP contribution in [0.2, 0.25) is 0 Å². The number of hydrogen-bond donors (Lipinski definition) is 2. The highest BCUT2D eigenvalue weighted by molar-refractivity contribution is 7.99. The molecule has 5 rings (SSSR count). The summed E-state index contributed by atoms with van der Waals surface area (Å²) in [5.74, 6) is 2.35. The fourth-order valence-electron chi connectivity index (χ4n) is 3.34. The summed E-state index contributed by atoms with van der Waals surface area (Å²) in [4.78, 5) is 17.6. The van der Waals surface area contributed by atoms with E-state index >= 15 is 0 Å². The van der Waals surface area contributed by atoms with E-state index in [1.54, 1.807) is 6.92 Å². The van der Waals surface area contributed by atoms with Crippen molar-refractivity contribution >= 4 is 28.4 Å². The molecule has 0 aliphatic rings. The van der Waals surface area contributed by atoms with Crippen molar-refractivity contribution < 1.29 is 9.21 Å². The molecule has 0 atom stereocenters. The highest BCUT2D eigenvalue weighted by Crippen LogP contribution is 2.34. The van der Waals surface area contributed by atoms with E-state index < -0.39 is 0 Å². The van der Waals surface area contributed by atoms with Gasteiger partial charge in [-0.2, -0.15) is 0 Å². The van der Waals surface area contributed by atoms with Crippen LogP contribution in [-0.2, 0) is 4.79 Å². The maximum absolute atomic E-state index is 11.1. The number of aromatic amines is 2. The Hall–Kier alpha value is -3.58. The number of aromatic nitrogens is 4. The van der Waals surface area contributed by atoms with Gasteiger partial charge in [-0.25, -0.2) is 0 Å². The highest BCUT2D eigenvalue weighted by Gasteiger charge is 2.13. The lowest BCUT2D eigenvalue weighted by Crippen LogP contribution is -1.93. The van der Waals surface area contributed by atoms with Gasteiger partial charge in [-0.15, -0.1) is 10.2 Å². The third-order valence-corrected chi connectivity index (χ3v) is 5.78. The predicted molar refractivity (Wildman–Crippen MR) is 118 cm³/mol. The normalized spacial score (nSPS) is 11.2. The number of carbonyl (C=O) groups is 1. The van der Waals surface area contributed by atoms with Gasteiger partial charge in [0.1, 0.15) is 11.5 Å². The number of furan rings is 1. The van der Waals surface area contributed by atoms with E-state index in [0.29, 0.717) is 22.5 Å². The number of hydrogen-bond acceptors (Lipinski definition) is 5. The van der Waals surface area contributed by atoms with E-state index in [2.05, 4.69) is 44.4 Å². The lowest BCUT2D eigenvalue weighted by Gasteiger charge is -2.02. The number of nitrogens with zero attached hydrogens (tertiary/aromatic N) is 2. The Labute approximate surface area is 176 Å². The van der Waals surface area contributed by atoms with Crippen LogP contribution < -0.4 is 0 Å². The Morgan fingerprint density at radius 2 is 1.83 bits per heavy atom. The minimum Gasteiger partial charge on any atom is -0.453 e. The highest BCUT2D eigenvalue weighted by atomic mass is 32.2. The number of thioether (sulfide) groups is 1. The molecule has 3 heterocycles. The molecule has 0 bridgehead atoms. The van der Waals surface area contributed by atoms with Crippen molar-refractivity contribution in [1.29, 1.82) is 0 Å². The molecular weight excluding hydrogens is 396 g/mol. The van der Waals surface area contributed by atoms with Crippen molar-refractivity contribution in [3.8, 4) is 34.0 Å². The molecule has 0 saturated carbocycles. The average Bonchev–Trinajstić information content (AvgIpc) is 3.51. The van der Waals surface area contributed by atoms with E-state index in [1.165, 1.54) is 17.3 Å². The molecule has 0 radical (unpaired) electrons. The van der Waals surface area contributed by atoms with Crippen LogP contribution in [0.4, 0.5) is 0 Å². The maximum atomic E-state index is 11.1. The molecule has 3 aromatic heterocycles. The molecule has 0 aliphatic heterocycles. The van der Waals surface area contributed by atoms with Crippen molar-refractivity contribution in [3.05, 3.63) is 66.9 Å². The van der Waals surface area contributed by atoms with Crippen LogP contribution in [-0.4, -0.2) is 31.7 Å². The second-order valence-corrected chi connectivity index (χ2v) is 7.93. The fourth-order valence-corrected chi connectivity index (χ4v) is 3.95. The summed E-state index contributed by atoms with van der Waals surface area (Å²) in [6.45, 7) is 1.55. The van der Waals surface area contributed by atoms with Gasteiger partial charge in [-0.05, 0) is 42.8 Å². The monoisotopic (exact) mass is 414 g/mol. The van der Waals surface area contributed by atoms with Crippen molar-refractivity contribution in [2.45, 2.75) is 12.1 Å². The number of Topliss-reactive ketones (excluding diaryl/α,β-unsaturated/α-hetero) is 1. The Bertz CT molecular complexity index is 1330. The minimum absolute atomic E-state index is 0.0910. The zero-order chi connectivity index (χ0) is 20.5. The quantitative estimate of drug-likeness (QED) is 0.355. The Balaban J connectivity index is 1.45. The third-order valence-electron chi connectivity index (χ3n) is 4.77. The maximum Gasteiger partial charge on any atom is 0.197 e. The van der Waals surface area contributed by atoms with Crippen LogP contribution in [0, 0.1) is 0 Å². The van der Waals surface area contributed by atoms with Crippen LogP contribution >= 0.6 is 11.8 Å². The Morgan fingerprint density at radius 3 is 2.67 bits per heavy atom. The van der Waals surface area contributed by atoms with Crippen LogP contribution in [0.1, 0.15) is 6.92 Å². The van der Waals surface area contributed by atoms with Gasteiger partial charge in [0.25, 0.3) is 0 Å². The molecule has 0 saturated heterocycles. The molecule has 0 fully saturated rings. The van der Waals surface area contributed by atoms with Crippen LogP contribution in [0.15, 0.2) is 76.4 Å². The van der Waals surface area contributed by atoms with E-state index in [9.17, 15) is 4.79 Å². The number of nitrogens with one attached hydrogen (secondary N) is 2. The second kappa shape index (κ2) is 7.68. The molecule has 2 aromatic carbocycles. The molecule has 148 valence electrons. The first-order valence-corrected chi connectivity index (χ1v) is 10.5. The van der Waals surface area contributed by atoms with Gasteiger partial charge in [0, 0.05) is 28.2 Å². The standard InChI is InChI=1S/C23H18N4O2S/c1-14(28)13-30-23-25-22(26-27-23)21-10-9-20(29-21)16-7-8-19-17(11-16)18(12-24-19)15-5-3-2-4-6-15/h2-12,24H,13H2,1H3,(H,25,26,27). The molecular formula is C23H18N4O2S. The van der Waals surface area contributed by atoms with Crippen molar-refractivity contribution in [3.63, 3.8) is 0 Å². The number of ketones is 1. The SMILES string of the molecule is CC(=O)CSc1nnc(-c2ccc(-c3ccc4[nH]cc(-c5ccccc5)c4c3)o2)[nH]1. The van der Waals surface area contributed by atoms with Gasteiger partial charge >= 0.3 is 0 Å². The Kier molecular flexibility index (Phi) is 4.72. The fraction of sp³-hybridized carbons (Fsp3) is 0.0870. The minimum atomic E-state index is 0.0910. The molecule has 6 nitrogen and oxygen atoms in total. The molecule has 0 unspecified atom stereocenters. The van der Waals surface area contributed by atoms with E-state index in [4.69, 9.17) is 4.42 Å². The largest absolute Gasteiger partial charge is 0.453 e. The molecule has 0 spiro atoms. The van der Waals surface area contributed by atoms with Crippen molar-refractivity contribution in [2.75, 3.05) is 5.75 Å².